The molecule has 0 radical (unpaired) electrons. The molecule has 0 atom stereocenters. The van der Waals surface area contributed by atoms with E-state index in [9.17, 15) is 10.1 Å². The lowest BCUT2D eigenvalue weighted by molar-refractivity contribution is -0.385. The Kier molecular flexibility index (Phi) is 7.31. The van der Waals surface area contributed by atoms with Crippen LogP contribution in [0.1, 0.15) is 55.6 Å². The first kappa shape index (κ1) is 19.6. The van der Waals surface area contributed by atoms with Gasteiger partial charge in [0.1, 0.15) is 6.20 Å². The van der Waals surface area contributed by atoms with Gasteiger partial charge in [0, 0.05) is 11.6 Å². The lowest BCUT2D eigenvalue weighted by Crippen LogP contribution is -1.98. The third kappa shape index (κ3) is 4.07. The van der Waals surface area contributed by atoms with Crippen molar-refractivity contribution in [2.24, 2.45) is 0 Å². The summed E-state index contributed by atoms with van der Waals surface area (Å²) in [5.74, 6) is 0. The van der Waals surface area contributed by atoms with Gasteiger partial charge in [-0.2, -0.15) is 0 Å². The van der Waals surface area contributed by atoms with Gasteiger partial charge in [-0.05, 0) is 36.5 Å². The highest BCUT2D eigenvalue weighted by Crippen LogP contribution is 2.32. The van der Waals surface area contributed by atoms with Crippen molar-refractivity contribution in [3.8, 4) is 0 Å². The maximum atomic E-state index is 10.9. The number of nitro groups is 1. The summed E-state index contributed by atoms with van der Waals surface area (Å²) in [5, 5.41) is 10.9. The van der Waals surface area contributed by atoms with Gasteiger partial charge < -0.3 is 0 Å². The van der Waals surface area contributed by atoms with Crippen molar-refractivity contribution in [2.45, 2.75) is 47.5 Å². The first-order valence-electron chi connectivity index (χ1n) is 8.49. The van der Waals surface area contributed by atoms with Gasteiger partial charge in [-0.15, -0.1) is 0 Å². The minimum Gasteiger partial charge on any atom is -0.258 e. The molecule has 1 aliphatic carbocycles. The molecule has 128 valence electrons. The summed E-state index contributed by atoms with van der Waals surface area (Å²) >= 11 is 0. The minimum atomic E-state index is -0.405. The highest BCUT2D eigenvalue weighted by Gasteiger charge is 2.20. The summed E-state index contributed by atoms with van der Waals surface area (Å²) < 4.78 is 0. The predicted molar refractivity (Wildman–Crippen MR) is 100 cm³/mol. The third-order valence-corrected chi connectivity index (χ3v) is 3.70. The van der Waals surface area contributed by atoms with Crippen LogP contribution in [0.5, 0.6) is 0 Å². The molecule has 1 aromatic heterocycles. The van der Waals surface area contributed by atoms with E-state index in [0.717, 1.165) is 35.2 Å². The summed E-state index contributed by atoms with van der Waals surface area (Å²) in [6, 6.07) is 7.89. The number of aromatic nitrogens is 1. The Balaban J connectivity index is 0.000000671. The van der Waals surface area contributed by atoms with Crippen LogP contribution in [0.3, 0.4) is 0 Å². The maximum absolute atomic E-state index is 10.9. The van der Waals surface area contributed by atoms with E-state index in [0.29, 0.717) is 0 Å². The number of rotatable bonds is 1. The van der Waals surface area contributed by atoms with Gasteiger partial charge in [-0.3, -0.25) is 10.1 Å². The molecule has 0 bridgehead atoms. The topological polar surface area (TPSA) is 56.0 Å². The van der Waals surface area contributed by atoms with E-state index in [-0.39, 0.29) is 5.69 Å². The molecule has 0 fully saturated rings. The predicted octanol–water partition coefficient (Wildman–Crippen LogP) is 5.51. The van der Waals surface area contributed by atoms with Crippen LogP contribution in [-0.2, 0) is 12.8 Å². The normalized spacial score (nSPS) is 11.6. The van der Waals surface area contributed by atoms with E-state index < -0.39 is 4.92 Å². The molecule has 3 rings (SSSR count). The molecule has 0 unspecified atom stereocenters. The molecule has 0 saturated carbocycles. The summed E-state index contributed by atoms with van der Waals surface area (Å²) in [4.78, 5) is 14.7. The van der Waals surface area contributed by atoms with Gasteiger partial charge in [0.25, 0.3) is 5.69 Å². The van der Waals surface area contributed by atoms with Crippen molar-refractivity contribution >= 4 is 11.3 Å². The van der Waals surface area contributed by atoms with Gasteiger partial charge in [-0.25, -0.2) is 4.98 Å². The molecule has 1 aliphatic rings. The summed E-state index contributed by atoms with van der Waals surface area (Å²) in [5.41, 5.74) is 6.10. The monoisotopic (exact) mass is 326 g/mol. The number of aryl methyl sites for hydroxylation is 3. The van der Waals surface area contributed by atoms with E-state index in [1.165, 1.54) is 17.3 Å². The molecule has 0 N–H and O–H groups in total. The highest BCUT2D eigenvalue weighted by atomic mass is 16.6. The zero-order chi connectivity index (χ0) is 18.3. The Hall–Kier alpha value is -2.49. The van der Waals surface area contributed by atoms with Crippen molar-refractivity contribution in [1.82, 2.24) is 4.98 Å². The zero-order valence-corrected chi connectivity index (χ0v) is 15.2. The second-order valence-electron chi connectivity index (χ2n) is 5.10. The van der Waals surface area contributed by atoms with E-state index in [2.05, 4.69) is 36.7 Å². The molecule has 0 spiro atoms. The lowest BCUT2D eigenvalue weighted by Gasteiger charge is -2.09. The lowest BCUT2D eigenvalue weighted by atomic mass is 9.97. The largest absolute Gasteiger partial charge is 0.287 e. The van der Waals surface area contributed by atoms with Gasteiger partial charge in [0.15, 0.2) is 0 Å². The average molecular weight is 326 g/mol. The number of benzene rings is 1. The van der Waals surface area contributed by atoms with Gasteiger partial charge >= 0.3 is 0 Å². The van der Waals surface area contributed by atoms with Crippen molar-refractivity contribution in [3.05, 3.63) is 75.1 Å². The quantitative estimate of drug-likeness (QED) is 0.513. The summed E-state index contributed by atoms with van der Waals surface area (Å²) in [7, 11) is 0. The molecular formula is C20H26N2O2. The Morgan fingerprint density at radius 2 is 1.71 bits per heavy atom. The van der Waals surface area contributed by atoms with Crippen LogP contribution >= 0.6 is 0 Å². The van der Waals surface area contributed by atoms with E-state index >= 15 is 0 Å². The number of hydrogen-bond donors (Lipinski definition) is 0. The molecular weight excluding hydrogens is 300 g/mol. The van der Waals surface area contributed by atoms with Gasteiger partial charge in [0.2, 0.25) is 0 Å². The molecule has 4 nitrogen and oxygen atoms in total. The first-order chi connectivity index (χ1) is 11.6. The third-order valence-electron chi connectivity index (χ3n) is 3.70. The Labute approximate surface area is 144 Å². The molecule has 0 saturated heterocycles. The van der Waals surface area contributed by atoms with Crippen molar-refractivity contribution in [1.29, 1.82) is 0 Å². The van der Waals surface area contributed by atoms with Crippen LogP contribution in [0.4, 0.5) is 5.69 Å². The summed E-state index contributed by atoms with van der Waals surface area (Å²) in [6.07, 6.45) is 2.91. The molecule has 24 heavy (non-hydrogen) atoms. The zero-order valence-electron chi connectivity index (χ0n) is 15.2. The van der Waals surface area contributed by atoms with Gasteiger partial charge in [0.05, 0.1) is 10.6 Å². The number of fused-ring (bicyclic) bond motifs is 2. The van der Waals surface area contributed by atoms with Crippen LogP contribution in [0.25, 0.3) is 5.57 Å². The standard InChI is InChI=1S/C16H14N2O2.2C2H6/c1-10-3-6-15-11(2)16-13(5-4-12(15)7-10)8-14(9-17-16)18(19)20;2*1-2/h3,6-9H,2,4-5H2,1H3;2*1-2H3. The SMILES string of the molecule is C=C1c2ccc(C)cc2CCc2cc([N+](=O)[O-])cnc21.CC.CC. The van der Waals surface area contributed by atoms with Crippen LogP contribution in [0.2, 0.25) is 0 Å². The molecule has 0 amide bonds. The molecule has 0 aliphatic heterocycles. The van der Waals surface area contributed by atoms with Crippen LogP contribution in [0.15, 0.2) is 37.0 Å². The molecule has 2 aromatic rings. The fourth-order valence-corrected chi connectivity index (χ4v) is 2.68. The van der Waals surface area contributed by atoms with E-state index in [1.54, 1.807) is 6.07 Å². The van der Waals surface area contributed by atoms with Crippen molar-refractivity contribution < 1.29 is 4.92 Å². The highest BCUT2D eigenvalue weighted by molar-refractivity contribution is 5.81. The Morgan fingerprint density at radius 1 is 1.08 bits per heavy atom. The molecule has 1 heterocycles. The van der Waals surface area contributed by atoms with Crippen molar-refractivity contribution in [3.63, 3.8) is 0 Å². The van der Waals surface area contributed by atoms with E-state index in [1.807, 2.05) is 27.7 Å². The number of nitrogens with zero attached hydrogens (tertiary/aromatic N) is 2. The van der Waals surface area contributed by atoms with Crippen LogP contribution in [-0.4, -0.2) is 9.91 Å². The van der Waals surface area contributed by atoms with Gasteiger partial charge in [-0.1, -0.05) is 58.0 Å². The summed E-state index contributed by atoms with van der Waals surface area (Å²) in [6.45, 7) is 14.2. The Morgan fingerprint density at radius 3 is 2.33 bits per heavy atom. The minimum absolute atomic E-state index is 0.0405. The number of pyridine rings is 1. The second-order valence-corrected chi connectivity index (χ2v) is 5.10. The van der Waals surface area contributed by atoms with Crippen molar-refractivity contribution in [2.75, 3.05) is 0 Å². The Bertz CT molecular complexity index is 736. The second kappa shape index (κ2) is 8.96. The molecule has 1 aromatic carbocycles. The van der Waals surface area contributed by atoms with Crippen LogP contribution in [0, 0.1) is 17.0 Å². The smallest absolute Gasteiger partial charge is 0.258 e. The fourth-order valence-electron chi connectivity index (χ4n) is 2.68. The van der Waals surface area contributed by atoms with Crippen LogP contribution < -0.4 is 0 Å². The first-order valence-corrected chi connectivity index (χ1v) is 8.49. The number of hydrogen-bond acceptors (Lipinski definition) is 3. The average Bonchev–Trinajstić information content (AvgIpc) is 2.75. The fraction of sp³-hybridized carbons (Fsp3) is 0.350. The molecule has 4 heteroatoms. The maximum Gasteiger partial charge on any atom is 0.287 e. The van der Waals surface area contributed by atoms with E-state index in [4.69, 9.17) is 0 Å².